The maximum absolute atomic E-state index is 2.44. The fourth-order valence-electron chi connectivity index (χ4n) is 9.91. The van der Waals surface area contributed by atoms with Crippen LogP contribution in [-0.4, -0.2) is 0 Å². The first-order valence-corrected chi connectivity index (χ1v) is 20.6. The molecule has 12 rings (SSSR count). The van der Waals surface area contributed by atoms with Crippen LogP contribution >= 0.6 is 0 Å². The quantitative estimate of drug-likeness (QED) is 0.157. The van der Waals surface area contributed by atoms with Crippen molar-refractivity contribution in [3.63, 3.8) is 0 Å². The van der Waals surface area contributed by atoms with Crippen molar-refractivity contribution in [3.05, 3.63) is 218 Å². The van der Waals surface area contributed by atoms with Crippen LogP contribution in [0.3, 0.4) is 0 Å². The SMILES string of the molecule is Cc1c2ccccc2c(-c2ccc3cc(-c4ccc5c(-c6ccc7ccccc7c6)c6ccccc6c(-c6ccc7ccccc7c6)c5c4)ccc3c2)c2ccccc12. The van der Waals surface area contributed by atoms with E-state index in [2.05, 4.69) is 219 Å². The minimum absolute atomic E-state index is 1.21. The van der Waals surface area contributed by atoms with Crippen molar-refractivity contribution in [1.29, 1.82) is 0 Å². The van der Waals surface area contributed by atoms with Crippen molar-refractivity contribution in [2.75, 3.05) is 0 Å². The third-order valence-corrected chi connectivity index (χ3v) is 12.8. The summed E-state index contributed by atoms with van der Waals surface area (Å²) in [5.74, 6) is 0. The largest absolute Gasteiger partial charge is 0.0616 e. The Hall–Kier alpha value is -7.54. The molecule has 0 nitrogen and oxygen atoms in total. The molecule has 0 unspecified atom stereocenters. The van der Waals surface area contributed by atoms with Gasteiger partial charge in [0.1, 0.15) is 0 Å². The van der Waals surface area contributed by atoms with E-state index in [1.807, 2.05) is 0 Å². The van der Waals surface area contributed by atoms with E-state index >= 15 is 0 Å². The summed E-state index contributed by atoms with van der Waals surface area (Å²) in [5, 5.41) is 17.7. The zero-order valence-electron chi connectivity index (χ0n) is 32.7. The Kier molecular flexibility index (Phi) is 7.55. The highest BCUT2D eigenvalue weighted by Crippen LogP contribution is 2.46. The Labute approximate surface area is 343 Å². The predicted molar refractivity (Wildman–Crippen MR) is 255 cm³/mol. The summed E-state index contributed by atoms with van der Waals surface area (Å²) in [6.45, 7) is 2.25. The lowest BCUT2D eigenvalue weighted by Crippen LogP contribution is -1.92. The van der Waals surface area contributed by atoms with Gasteiger partial charge in [-0.25, -0.2) is 0 Å². The van der Waals surface area contributed by atoms with Gasteiger partial charge in [-0.15, -0.1) is 0 Å². The summed E-state index contributed by atoms with van der Waals surface area (Å²) in [4.78, 5) is 0. The van der Waals surface area contributed by atoms with Gasteiger partial charge in [-0.2, -0.15) is 0 Å². The fourth-order valence-corrected chi connectivity index (χ4v) is 9.91. The maximum atomic E-state index is 2.44. The van der Waals surface area contributed by atoms with E-state index < -0.39 is 0 Å². The number of fused-ring (bicyclic) bond motifs is 7. The lowest BCUT2D eigenvalue weighted by Gasteiger charge is -2.19. The van der Waals surface area contributed by atoms with Crippen LogP contribution < -0.4 is 0 Å². The summed E-state index contributed by atoms with van der Waals surface area (Å²) in [6.07, 6.45) is 0. The van der Waals surface area contributed by atoms with Crippen LogP contribution in [0, 0.1) is 6.92 Å². The van der Waals surface area contributed by atoms with E-state index in [1.54, 1.807) is 0 Å². The number of benzene rings is 12. The van der Waals surface area contributed by atoms with Gasteiger partial charge in [0, 0.05) is 0 Å². The minimum atomic E-state index is 1.21. The Morgan fingerprint density at radius 1 is 0.203 bits per heavy atom. The summed E-state index contributed by atoms with van der Waals surface area (Å²) in [7, 11) is 0. The smallest absolute Gasteiger partial charge is 0.00259 e. The van der Waals surface area contributed by atoms with Crippen LogP contribution in [0.25, 0.3) is 120 Å². The number of rotatable bonds is 4. The van der Waals surface area contributed by atoms with Gasteiger partial charge in [0.15, 0.2) is 0 Å². The topological polar surface area (TPSA) is 0 Å². The van der Waals surface area contributed by atoms with E-state index in [0.717, 1.165) is 0 Å². The lowest BCUT2D eigenvalue weighted by molar-refractivity contribution is 1.58. The standard InChI is InChI=1S/C59H38/c1-37-49-16-6-8-18-51(49)57(52-19-9-7-17-50(37)52)47-29-26-42-32-43(24-25-44(42)35-47)45-30-31-55-56(36-45)59(48-28-23-39-13-3-5-15-41(39)34-48)54-21-11-10-20-53(54)58(55)46-27-22-38-12-2-4-14-40(38)33-46/h2-36H,1H3. The first-order chi connectivity index (χ1) is 29.2. The zero-order valence-corrected chi connectivity index (χ0v) is 32.7. The molecule has 0 radical (unpaired) electrons. The van der Waals surface area contributed by atoms with Crippen molar-refractivity contribution in [2.45, 2.75) is 6.92 Å². The lowest BCUT2D eigenvalue weighted by atomic mass is 9.84. The van der Waals surface area contributed by atoms with Crippen LogP contribution in [0.4, 0.5) is 0 Å². The molecule has 0 N–H and O–H groups in total. The number of aryl methyl sites for hydroxylation is 1. The molecule has 0 amide bonds. The second-order valence-electron chi connectivity index (χ2n) is 16.0. The molecule has 274 valence electrons. The molecule has 0 spiro atoms. The molecule has 0 heteroatoms. The molecule has 0 aromatic heterocycles. The van der Waals surface area contributed by atoms with Gasteiger partial charge in [0.25, 0.3) is 0 Å². The zero-order chi connectivity index (χ0) is 39.0. The average molecular weight is 747 g/mol. The van der Waals surface area contributed by atoms with Gasteiger partial charge in [-0.3, -0.25) is 0 Å². The van der Waals surface area contributed by atoms with Crippen molar-refractivity contribution in [3.8, 4) is 44.5 Å². The first-order valence-electron chi connectivity index (χ1n) is 20.6. The summed E-state index contributed by atoms with van der Waals surface area (Å²) in [5.41, 5.74) is 11.3. The third kappa shape index (κ3) is 5.38. The van der Waals surface area contributed by atoms with Gasteiger partial charge in [-0.1, -0.05) is 182 Å². The molecule has 0 bridgehead atoms. The second kappa shape index (κ2) is 13.3. The molecular weight excluding hydrogens is 709 g/mol. The van der Waals surface area contributed by atoms with E-state index in [1.165, 1.54) is 125 Å². The Balaban J connectivity index is 1.07. The molecular formula is C59H38. The molecule has 59 heavy (non-hydrogen) atoms. The average Bonchev–Trinajstić information content (AvgIpc) is 3.30. The molecule has 0 saturated heterocycles. The third-order valence-electron chi connectivity index (χ3n) is 12.8. The summed E-state index contributed by atoms with van der Waals surface area (Å²) < 4.78 is 0. The first kappa shape index (κ1) is 33.6. The highest BCUT2D eigenvalue weighted by atomic mass is 14.2. The van der Waals surface area contributed by atoms with Crippen molar-refractivity contribution >= 4 is 75.4 Å². The van der Waals surface area contributed by atoms with E-state index in [-0.39, 0.29) is 0 Å². The monoisotopic (exact) mass is 746 g/mol. The molecule has 0 aliphatic carbocycles. The maximum Gasteiger partial charge on any atom is -0.00259 e. The van der Waals surface area contributed by atoms with Gasteiger partial charge < -0.3 is 0 Å². The molecule has 12 aromatic carbocycles. The normalized spacial score (nSPS) is 11.8. The number of hydrogen-bond acceptors (Lipinski definition) is 0. The van der Waals surface area contributed by atoms with E-state index in [9.17, 15) is 0 Å². The molecule has 0 saturated carbocycles. The van der Waals surface area contributed by atoms with Gasteiger partial charge >= 0.3 is 0 Å². The van der Waals surface area contributed by atoms with Crippen LogP contribution in [0.5, 0.6) is 0 Å². The van der Waals surface area contributed by atoms with E-state index in [4.69, 9.17) is 0 Å². The van der Waals surface area contributed by atoms with E-state index in [0.29, 0.717) is 0 Å². The molecule has 12 aromatic rings. The molecule has 0 aliphatic rings. The van der Waals surface area contributed by atoms with Crippen LogP contribution in [0.1, 0.15) is 5.56 Å². The fraction of sp³-hybridized carbons (Fsp3) is 0.0169. The van der Waals surface area contributed by atoms with Crippen molar-refractivity contribution in [1.82, 2.24) is 0 Å². The Morgan fingerprint density at radius 2 is 0.492 bits per heavy atom. The van der Waals surface area contributed by atoms with Crippen LogP contribution in [0.2, 0.25) is 0 Å². The van der Waals surface area contributed by atoms with Crippen LogP contribution in [-0.2, 0) is 0 Å². The summed E-state index contributed by atoms with van der Waals surface area (Å²) >= 11 is 0. The molecule has 0 aliphatic heterocycles. The Morgan fingerprint density at radius 3 is 0.983 bits per heavy atom. The summed E-state index contributed by atoms with van der Waals surface area (Å²) in [6, 6.07) is 79.0. The van der Waals surface area contributed by atoms with Gasteiger partial charge in [-0.05, 0) is 163 Å². The Bertz CT molecular complexity index is 3620. The van der Waals surface area contributed by atoms with Gasteiger partial charge in [0.2, 0.25) is 0 Å². The minimum Gasteiger partial charge on any atom is -0.0616 e. The van der Waals surface area contributed by atoms with Crippen molar-refractivity contribution in [2.24, 2.45) is 0 Å². The predicted octanol–water partition coefficient (Wildman–Crippen LogP) is 16.7. The molecule has 0 atom stereocenters. The second-order valence-corrected chi connectivity index (χ2v) is 16.0. The van der Waals surface area contributed by atoms with Crippen LogP contribution in [0.15, 0.2) is 212 Å². The van der Waals surface area contributed by atoms with Crippen molar-refractivity contribution < 1.29 is 0 Å². The highest BCUT2D eigenvalue weighted by Gasteiger charge is 2.19. The molecule has 0 heterocycles. The van der Waals surface area contributed by atoms with Gasteiger partial charge in [0.05, 0.1) is 0 Å². The number of hydrogen-bond donors (Lipinski definition) is 0. The highest BCUT2D eigenvalue weighted by molar-refractivity contribution is 6.23. The molecule has 0 fully saturated rings.